The number of rotatable bonds is 12. The summed E-state index contributed by atoms with van der Waals surface area (Å²) in [5.74, 6) is 2.04. The molecule has 7 heteroatoms. The third-order valence-electron chi connectivity index (χ3n) is 8.11. The van der Waals surface area contributed by atoms with Gasteiger partial charge in [0.1, 0.15) is 36.2 Å². The molecule has 1 atom stereocenters. The molecule has 1 saturated heterocycles. The lowest BCUT2D eigenvalue weighted by molar-refractivity contribution is 0.0400. The Hall–Kier alpha value is -4.69. The van der Waals surface area contributed by atoms with Gasteiger partial charge in [0, 0.05) is 43.9 Å². The van der Waals surface area contributed by atoms with Crippen molar-refractivity contribution >= 4 is 12.2 Å². The van der Waals surface area contributed by atoms with E-state index in [-0.39, 0.29) is 12.6 Å². The van der Waals surface area contributed by atoms with Crippen LogP contribution in [0.4, 0.5) is 0 Å². The molecule has 4 aromatic carbocycles. The van der Waals surface area contributed by atoms with Crippen LogP contribution in [0.1, 0.15) is 28.4 Å². The molecule has 0 saturated carbocycles. The molecule has 5 aromatic rings. The van der Waals surface area contributed by atoms with Crippen molar-refractivity contribution in [1.82, 2.24) is 14.8 Å². The van der Waals surface area contributed by atoms with Crippen molar-refractivity contribution in [1.29, 1.82) is 0 Å². The minimum atomic E-state index is -0.602. The molecule has 0 spiro atoms. The van der Waals surface area contributed by atoms with Gasteiger partial charge in [0.25, 0.3) is 0 Å². The average Bonchev–Trinajstić information content (AvgIpc) is 3.58. The maximum atomic E-state index is 10.9. The predicted molar refractivity (Wildman–Crippen MR) is 178 cm³/mol. The van der Waals surface area contributed by atoms with Gasteiger partial charge in [0.2, 0.25) is 5.89 Å². The van der Waals surface area contributed by atoms with Crippen molar-refractivity contribution in [2.24, 2.45) is 0 Å². The van der Waals surface area contributed by atoms with Crippen LogP contribution in [-0.2, 0) is 0 Å². The summed E-state index contributed by atoms with van der Waals surface area (Å²) in [6, 6.07) is 37.0. The highest BCUT2D eigenvalue weighted by Gasteiger charge is 2.27. The zero-order valence-corrected chi connectivity index (χ0v) is 25.5. The quantitative estimate of drug-likeness (QED) is 0.171. The molecule has 0 bridgehead atoms. The van der Waals surface area contributed by atoms with Gasteiger partial charge in [-0.3, -0.25) is 9.80 Å². The highest BCUT2D eigenvalue weighted by atomic mass is 16.5. The standard InChI is InChI=1S/C38H39N3O4/c1-43-35-20-17-32(18-21-35)38-39-33(27-45-38)19-16-29-10-8-9-15-36(29)44-28-34(42)26-40-22-24-41(25-23-40)37(30-11-4-2-5-12-30)31-13-6-3-7-14-31/h2-21,27,34,37,42H,22-26,28H2,1H3/b19-16+. The second kappa shape index (κ2) is 14.9. The Bertz CT molecular complexity index is 1610. The van der Waals surface area contributed by atoms with Gasteiger partial charge in [0.15, 0.2) is 0 Å². The molecular formula is C38H39N3O4. The summed E-state index contributed by atoms with van der Waals surface area (Å²) in [4.78, 5) is 9.46. The van der Waals surface area contributed by atoms with Gasteiger partial charge in [-0.1, -0.05) is 78.9 Å². The maximum Gasteiger partial charge on any atom is 0.226 e. The first kappa shape index (κ1) is 30.3. The number of aliphatic hydroxyl groups excluding tert-OH is 1. The number of piperazine rings is 1. The van der Waals surface area contributed by atoms with Crippen LogP contribution in [0.2, 0.25) is 0 Å². The van der Waals surface area contributed by atoms with Gasteiger partial charge >= 0.3 is 0 Å². The second-order valence-corrected chi connectivity index (χ2v) is 11.2. The Morgan fingerprint density at radius 2 is 1.44 bits per heavy atom. The summed E-state index contributed by atoms with van der Waals surface area (Å²) in [6.07, 6.45) is 4.87. The summed E-state index contributed by atoms with van der Waals surface area (Å²) >= 11 is 0. The van der Waals surface area contributed by atoms with Crippen LogP contribution in [0.5, 0.6) is 11.5 Å². The Kier molecular flexibility index (Phi) is 10.0. The first-order valence-electron chi connectivity index (χ1n) is 15.4. The Morgan fingerprint density at radius 3 is 2.11 bits per heavy atom. The molecule has 0 aliphatic carbocycles. The van der Waals surface area contributed by atoms with Crippen LogP contribution in [0.25, 0.3) is 23.6 Å². The zero-order valence-electron chi connectivity index (χ0n) is 25.5. The first-order valence-corrected chi connectivity index (χ1v) is 15.4. The number of ether oxygens (including phenoxy) is 2. The summed E-state index contributed by atoms with van der Waals surface area (Å²) in [6.45, 7) is 4.43. The lowest BCUT2D eigenvalue weighted by atomic mass is 9.96. The van der Waals surface area contributed by atoms with E-state index in [0.717, 1.165) is 43.1 Å². The fourth-order valence-corrected chi connectivity index (χ4v) is 5.78. The molecule has 0 amide bonds. The molecule has 230 valence electrons. The molecule has 6 rings (SSSR count). The van der Waals surface area contributed by atoms with E-state index < -0.39 is 6.10 Å². The van der Waals surface area contributed by atoms with Crippen LogP contribution in [-0.4, -0.2) is 72.4 Å². The monoisotopic (exact) mass is 601 g/mol. The first-order chi connectivity index (χ1) is 22.2. The number of nitrogens with zero attached hydrogens (tertiary/aromatic N) is 3. The number of methoxy groups -OCH3 is 1. The van der Waals surface area contributed by atoms with Crippen molar-refractivity contribution in [3.63, 3.8) is 0 Å². The maximum absolute atomic E-state index is 10.9. The summed E-state index contributed by atoms with van der Waals surface area (Å²) in [5, 5.41) is 10.9. The number of benzene rings is 4. The number of hydrogen-bond acceptors (Lipinski definition) is 7. The topological polar surface area (TPSA) is 71.2 Å². The normalized spacial score (nSPS) is 15.0. The van der Waals surface area contributed by atoms with Crippen molar-refractivity contribution in [3.05, 3.63) is 138 Å². The van der Waals surface area contributed by atoms with Gasteiger partial charge in [-0.2, -0.15) is 0 Å². The number of oxazole rings is 1. The predicted octanol–water partition coefficient (Wildman–Crippen LogP) is 6.67. The van der Waals surface area contributed by atoms with Crippen molar-refractivity contribution in [2.75, 3.05) is 46.4 Å². The number of β-amino-alcohol motifs (C(OH)–C–C–N with tert-alkyl or cyclic N) is 1. The van der Waals surface area contributed by atoms with Gasteiger partial charge < -0.3 is 19.0 Å². The van der Waals surface area contributed by atoms with E-state index in [1.165, 1.54) is 11.1 Å². The van der Waals surface area contributed by atoms with Crippen LogP contribution in [0, 0.1) is 0 Å². The van der Waals surface area contributed by atoms with E-state index in [1.807, 2.05) is 60.7 Å². The molecule has 1 N–H and O–H groups in total. The van der Waals surface area contributed by atoms with E-state index in [4.69, 9.17) is 13.9 Å². The highest BCUT2D eigenvalue weighted by Crippen LogP contribution is 2.30. The van der Waals surface area contributed by atoms with Gasteiger partial charge in [-0.25, -0.2) is 4.98 Å². The van der Waals surface area contributed by atoms with Gasteiger partial charge in [-0.15, -0.1) is 0 Å². The Balaban J connectivity index is 1.02. The lowest BCUT2D eigenvalue weighted by Gasteiger charge is -2.40. The van der Waals surface area contributed by atoms with E-state index in [1.54, 1.807) is 13.4 Å². The summed E-state index contributed by atoms with van der Waals surface area (Å²) in [5.41, 5.74) is 5.09. The SMILES string of the molecule is COc1ccc(-c2nc(/C=C/c3ccccc3OCC(O)CN3CCN(C(c4ccccc4)c4ccccc4)CC3)co2)cc1. The minimum absolute atomic E-state index is 0.216. The third kappa shape index (κ3) is 7.88. The summed E-state index contributed by atoms with van der Waals surface area (Å²) < 4.78 is 17.0. The number of hydrogen-bond donors (Lipinski definition) is 1. The zero-order chi connectivity index (χ0) is 30.8. The van der Waals surface area contributed by atoms with E-state index >= 15 is 0 Å². The highest BCUT2D eigenvalue weighted by molar-refractivity contribution is 5.71. The number of aliphatic hydroxyl groups is 1. The molecule has 1 aromatic heterocycles. The van der Waals surface area contributed by atoms with Crippen LogP contribution in [0.15, 0.2) is 120 Å². The largest absolute Gasteiger partial charge is 0.497 e. The average molecular weight is 602 g/mol. The Morgan fingerprint density at radius 1 is 0.800 bits per heavy atom. The van der Waals surface area contributed by atoms with E-state index in [0.29, 0.717) is 23.9 Å². The smallest absolute Gasteiger partial charge is 0.226 e. The van der Waals surface area contributed by atoms with Crippen molar-refractivity contribution in [3.8, 4) is 23.0 Å². The summed E-state index contributed by atoms with van der Waals surface area (Å²) in [7, 11) is 1.64. The third-order valence-corrected chi connectivity index (χ3v) is 8.11. The minimum Gasteiger partial charge on any atom is -0.497 e. The lowest BCUT2D eigenvalue weighted by Crippen LogP contribution is -2.50. The second-order valence-electron chi connectivity index (χ2n) is 11.2. The van der Waals surface area contributed by atoms with Gasteiger partial charge in [-0.05, 0) is 53.6 Å². The molecular weight excluding hydrogens is 562 g/mol. The van der Waals surface area contributed by atoms with Crippen molar-refractivity contribution < 1.29 is 19.0 Å². The molecule has 1 aliphatic heterocycles. The molecule has 1 unspecified atom stereocenters. The van der Waals surface area contributed by atoms with Crippen LogP contribution >= 0.6 is 0 Å². The molecule has 0 radical (unpaired) electrons. The Labute approximate surface area is 265 Å². The molecule has 1 aliphatic rings. The fourth-order valence-electron chi connectivity index (χ4n) is 5.78. The van der Waals surface area contributed by atoms with E-state index in [9.17, 15) is 5.11 Å². The van der Waals surface area contributed by atoms with Crippen molar-refractivity contribution in [2.45, 2.75) is 12.1 Å². The molecule has 2 heterocycles. The molecule has 7 nitrogen and oxygen atoms in total. The van der Waals surface area contributed by atoms with Crippen LogP contribution < -0.4 is 9.47 Å². The van der Waals surface area contributed by atoms with Gasteiger partial charge in [0.05, 0.1) is 13.2 Å². The van der Waals surface area contributed by atoms with Crippen LogP contribution in [0.3, 0.4) is 0 Å². The fraction of sp³-hybridized carbons (Fsp3) is 0.237. The van der Waals surface area contributed by atoms with E-state index in [2.05, 4.69) is 75.4 Å². The number of aromatic nitrogens is 1. The molecule has 1 fully saturated rings. The number of para-hydroxylation sites is 1. The molecule has 45 heavy (non-hydrogen) atoms.